The minimum absolute atomic E-state index is 0.111. The Morgan fingerprint density at radius 3 is 2.17 bits per heavy atom. The summed E-state index contributed by atoms with van der Waals surface area (Å²) in [6, 6.07) is 16.2. The van der Waals surface area contributed by atoms with Gasteiger partial charge in [-0.05, 0) is 104 Å². The number of allylic oxidation sites excluding steroid dienone is 3. The summed E-state index contributed by atoms with van der Waals surface area (Å²) in [4.78, 5) is 4.75. The molecule has 0 spiro atoms. The largest absolute Gasteiger partial charge is 0.508 e. The first kappa shape index (κ1) is 42.6. The predicted molar refractivity (Wildman–Crippen MR) is 222 cm³/mol. The van der Waals surface area contributed by atoms with Crippen molar-refractivity contribution in [1.82, 2.24) is 9.47 Å². The van der Waals surface area contributed by atoms with Gasteiger partial charge in [-0.3, -0.25) is 0 Å². The van der Waals surface area contributed by atoms with E-state index in [1.807, 2.05) is 12.1 Å². The van der Waals surface area contributed by atoms with Crippen molar-refractivity contribution >= 4 is 5.69 Å². The van der Waals surface area contributed by atoms with Gasteiger partial charge in [0, 0.05) is 94.6 Å². The molecule has 0 amide bonds. The van der Waals surface area contributed by atoms with Gasteiger partial charge in [-0.2, -0.15) is 0 Å². The Bertz CT molecular complexity index is 1750. The predicted octanol–water partition coefficient (Wildman–Crippen LogP) is 10.4. The molecule has 1 aliphatic carbocycles. The van der Waals surface area contributed by atoms with Crippen LogP contribution in [-0.2, 0) is 32.2 Å². The van der Waals surface area contributed by atoms with Crippen molar-refractivity contribution in [2.24, 2.45) is 12.5 Å². The third-order valence-corrected chi connectivity index (χ3v) is 10.3. The molecular formula is C46H67N3O5. The molecule has 54 heavy (non-hydrogen) atoms. The third-order valence-electron chi connectivity index (χ3n) is 10.3. The molecule has 1 aromatic heterocycles. The Balaban J connectivity index is 1.89. The summed E-state index contributed by atoms with van der Waals surface area (Å²) >= 11 is 0. The number of methoxy groups -OCH3 is 3. The van der Waals surface area contributed by atoms with Crippen molar-refractivity contribution in [3.05, 3.63) is 113 Å². The molecule has 1 atom stereocenters. The fourth-order valence-electron chi connectivity index (χ4n) is 7.15. The van der Waals surface area contributed by atoms with Crippen LogP contribution in [0.1, 0.15) is 104 Å². The number of hydrogen-bond donors (Lipinski definition) is 1. The number of nitrogens with zero attached hydrogens (tertiary/aromatic N) is 3. The van der Waals surface area contributed by atoms with Gasteiger partial charge >= 0.3 is 0 Å². The van der Waals surface area contributed by atoms with E-state index in [-0.39, 0.29) is 22.7 Å². The summed E-state index contributed by atoms with van der Waals surface area (Å²) in [5, 5.41) is 10.4. The number of aryl methyl sites for hydroxylation is 1. The number of aromatic nitrogens is 1. The second-order valence-corrected chi connectivity index (χ2v) is 17.1. The molecule has 8 heteroatoms. The summed E-state index contributed by atoms with van der Waals surface area (Å²) in [5.74, 6) is 2.05. The van der Waals surface area contributed by atoms with Crippen molar-refractivity contribution in [2.45, 2.75) is 98.1 Å². The van der Waals surface area contributed by atoms with Crippen LogP contribution in [0, 0.1) is 5.41 Å². The quantitative estimate of drug-likeness (QED) is 0.130. The highest BCUT2D eigenvalue weighted by Gasteiger charge is 2.34. The molecule has 0 bridgehead atoms. The standard InChI is InChI=1S/C46H67N3O5/c1-44(2,3)40-31-39(53-12)20-21-41(40)48(24-14-28-51-10)33-35-19-18-34(42(35)54-43(45(4,5)6)36-22-26-47(9)32-36)23-27-49(25-15-29-52-11)46(7,8)37-16-13-17-38(50)30-37/h13,16-17,20-23,26-27,30-33,43,50H,14-15,18-19,24-25,28-29H2,1-12H3/b27-23-,35-33+. The van der Waals surface area contributed by atoms with Crippen molar-refractivity contribution in [1.29, 1.82) is 0 Å². The zero-order valence-electron chi connectivity index (χ0n) is 35.2. The number of ether oxygens (including phenoxy) is 4. The number of benzene rings is 2. The van der Waals surface area contributed by atoms with Crippen LogP contribution in [0.3, 0.4) is 0 Å². The SMILES string of the molecule is COCCCN(/C=C1\CCC(/C=C\N(CCCOC)C(C)(C)c2cccc(O)c2)=C1OC(c1ccn(C)c1)C(C)(C)C)c1ccc(OC)cc1C(C)(C)C. The van der Waals surface area contributed by atoms with Crippen LogP contribution in [-0.4, -0.2) is 62.2 Å². The number of aromatic hydroxyl groups is 1. The highest BCUT2D eigenvalue weighted by Crippen LogP contribution is 2.44. The third kappa shape index (κ3) is 11.0. The van der Waals surface area contributed by atoms with Gasteiger partial charge in [0.25, 0.3) is 0 Å². The van der Waals surface area contributed by atoms with Crippen molar-refractivity contribution in [3.8, 4) is 11.5 Å². The van der Waals surface area contributed by atoms with Crippen LogP contribution in [0.25, 0.3) is 0 Å². The van der Waals surface area contributed by atoms with Gasteiger partial charge in [0.1, 0.15) is 23.4 Å². The first-order chi connectivity index (χ1) is 25.5. The van der Waals surface area contributed by atoms with Crippen LogP contribution >= 0.6 is 0 Å². The first-order valence-corrected chi connectivity index (χ1v) is 19.4. The molecule has 8 nitrogen and oxygen atoms in total. The van der Waals surface area contributed by atoms with E-state index in [1.54, 1.807) is 27.4 Å². The van der Waals surface area contributed by atoms with Crippen LogP contribution < -0.4 is 9.64 Å². The van der Waals surface area contributed by atoms with Gasteiger partial charge in [-0.25, -0.2) is 0 Å². The molecule has 3 aromatic rings. The number of phenolic OH excluding ortho intramolecular Hbond substituents is 1. The Hall–Kier alpha value is -4.14. The lowest BCUT2D eigenvalue weighted by Crippen LogP contribution is -2.38. The topological polar surface area (TPSA) is 68.6 Å². The average molecular weight is 742 g/mol. The lowest BCUT2D eigenvalue weighted by Gasteiger charge is -2.39. The average Bonchev–Trinajstić information content (AvgIpc) is 3.71. The molecule has 1 aliphatic rings. The lowest BCUT2D eigenvalue weighted by molar-refractivity contribution is 0.0294. The monoisotopic (exact) mass is 742 g/mol. The van der Waals surface area contributed by atoms with Crippen LogP contribution in [0.2, 0.25) is 0 Å². The van der Waals surface area contributed by atoms with E-state index >= 15 is 0 Å². The molecule has 4 rings (SSSR count). The molecule has 0 fully saturated rings. The molecule has 0 saturated carbocycles. The fraction of sp³-hybridized carbons (Fsp3) is 0.522. The molecule has 1 unspecified atom stereocenters. The number of anilines is 1. The summed E-state index contributed by atoms with van der Waals surface area (Å²) < 4.78 is 26.1. The zero-order valence-corrected chi connectivity index (χ0v) is 35.2. The van der Waals surface area contributed by atoms with Crippen LogP contribution in [0.15, 0.2) is 96.3 Å². The van der Waals surface area contributed by atoms with Gasteiger partial charge in [0.2, 0.25) is 0 Å². The second kappa shape index (κ2) is 18.5. The molecule has 0 aliphatic heterocycles. The molecule has 2 aromatic carbocycles. The molecule has 296 valence electrons. The maximum Gasteiger partial charge on any atom is 0.130 e. The van der Waals surface area contributed by atoms with E-state index in [9.17, 15) is 5.11 Å². The minimum atomic E-state index is -0.393. The van der Waals surface area contributed by atoms with Gasteiger partial charge in [0.05, 0.1) is 12.6 Å². The van der Waals surface area contributed by atoms with E-state index in [0.717, 1.165) is 72.7 Å². The van der Waals surface area contributed by atoms with E-state index in [2.05, 4.69) is 138 Å². The van der Waals surface area contributed by atoms with Crippen molar-refractivity contribution in [3.63, 3.8) is 0 Å². The van der Waals surface area contributed by atoms with Crippen molar-refractivity contribution in [2.75, 3.05) is 52.5 Å². The number of hydrogen-bond acceptors (Lipinski definition) is 7. The Labute approximate surface area is 326 Å². The molecular weight excluding hydrogens is 675 g/mol. The zero-order chi connectivity index (χ0) is 39.7. The second-order valence-electron chi connectivity index (χ2n) is 17.1. The van der Waals surface area contributed by atoms with E-state index in [0.29, 0.717) is 13.2 Å². The Kier molecular flexibility index (Phi) is 14.6. The number of phenols is 1. The molecule has 0 saturated heterocycles. The highest BCUT2D eigenvalue weighted by atomic mass is 16.5. The summed E-state index contributed by atoms with van der Waals surface area (Å²) in [6.45, 7) is 20.8. The molecule has 1 N–H and O–H groups in total. The minimum Gasteiger partial charge on any atom is -0.508 e. The maximum absolute atomic E-state index is 10.4. The lowest BCUT2D eigenvalue weighted by atomic mass is 9.85. The van der Waals surface area contributed by atoms with E-state index in [1.165, 1.54) is 11.1 Å². The molecule has 1 heterocycles. The van der Waals surface area contributed by atoms with E-state index in [4.69, 9.17) is 18.9 Å². The Morgan fingerprint density at radius 1 is 0.870 bits per heavy atom. The van der Waals surface area contributed by atoms with Gasteiger partial charge < -0.3 is 38.4 Å². The Morgan fingerprint density at radius 2 is 1.57 bits per heavy atom. The van der Waals surface area contributed by atoms with E-state index < -0.39 is 5.54 Å². The number of rotatable bonds is 18. The van der Waals surface area contributed by atoms with Crippen LogP contribution in [0.4, 0.5) is 5.69 Å². The summed E-state index contributed by atoms with van der Waals surface area (Å²) in [5.41, 5.74) is 6.23. The highest BCUT2D eigenvalue weighted by molar-refractivity contribution is 5.62. The summed E-state index contributed by atoms with van der Waals surface area (Å²) in [7, 11) is 7.29. The van der Waals surface area contributed by atoms with Gasteiger partial charge in [-0.1, -0.05) is 53.7 Å². The summed E-state index contributed by atoms with van der Waals surface area (Å²) in [6.07, 6.45) is 14.3. The van der Waals surface area contributed by atoms with Crippen LogP contribution in [0.5, 0.6) is 11.5 Å². The van der Waals surface area contributed by atoms with Gasteiger partial charge in [0.15, 0.2) is 0 Å². The van der Waals surface area contributed by atoms with Crippen molar-refractivity contribution < 1.29 is 24.1 Å². The van der Waals surface area contributed by atoms with Gasteiger partial charge in [-0.15, -0.1) is 0 Å². The fourth-order valence-corrected chi connectivity index (χ4v) is 7.15. The normalized spacial score (nSPS) is 15.4. The maximum atomic E-state index is 10.4. The molecule has 0 radical (unpaired) electrons. The first-order valence-electron chi connectivity index (χ1n) is 19.4. The smallest absolute Gasteiger partial charge is 0.130 e.